The van der Waals surface area contributed by atoms with Gasteiger partial charge in [-0.3, -0.25) is 9.59 Å². The second kappa shape index (κ2) is 2.43. The van der Waals surface area contributed by atoms with Gasteiger partial charge in [0.25, 0.3) is 0 Å². The van der Waals surface area contributed by atoms with Gasteiger partial charge in [0.05, 0.1) is 0 Å². The minimum atomic E-state index is 0.161. The summed E-state index contributed by atoms with van der Waals surface area (Å²) in [5.41, 5.74) is 0. The third kappa shape index (κ3) is 0.839. The van der Waals surface area contributed by atoms with Crippen molar-refractivity contribution >= 4 is 11.6 Å². The zero-order valence-corrected chi connectivity index (χ0v) is 7.66. The van der Waals surface area contributed by atoms with Crippen LogP contribution in [0.1, 0.15) is 32.1 Å². The van der Waals surface area contributed by atoms with Crippen molar-refractivity contribution in [2.24, 2.45) is 23.7 Å². The van der Waals surface area contributed by atoms with Crippen LogP contribution in [-0.4, -0.2) is 11.6 Å². The van der Waals surface area contributed by atoms with E-state index in [4.69, 9.17) is 0 Å². The largest absolute Gasteiger partial charge is 0.299 e. The SMILES string of the molecule is O=C1CCC(=O)[C@H]2C3CCCC3[C@@H]12. The smallest absolute Gasteiger partial charge is 0.137 e. The molecule has 0 radical (unpaired) electrons. The monoisotopic (exact) mass is 178 g/mol. The summed E-state index contributed by atoms with van der Waals surface area (Å²) in [6.07, 6.45) is 4.70. The molecule has 0 aromatic heterocycles. The maximum Gasteiger partial charge on any atom is 0.137 e. The van der Waals surface area contributed by atoms with Crippen molar-refractivity contribution in [1.29, 1.82) is 0 Å². The first kappa shape index (κ1) is 7.72. The van der Waals surface area contributed by atoms with E-state index in [1.165, 1.54) is 19.3 Å². The quantitative estimate of drug-likeness (QED) is 0.564. The number of carbonyl (C=O) groups excluding carboxylic acids is 2. The Morgan fingerprint density at radius 2 is 1.31 bits per heavy atom. The normalized spacial score (nSPS) is 48.3. The van der Waals surface area contributed by atoms with E-state index in [2.05, 4.69) is 0 Å². The van der Waals surface area contributed by atoms with E-state index in [9.17, 15) is 9.59 Å². The van der Waals surface area contributed by atoms with Gasteiger partial charge in [-0.25, -0.2) is 0 Å². The maximum absolute atomic E-state index is 11.6. The fourth-order valence-electron chi connectivity index (χ4n) is 3.75. The summed E-state index contributed by atoms with van der Waals surface area (Å²) >= 11 is 0. The van der Waals surface area contributed by atoms with Gasteiger partial charge in [-0.05, 0) is 24.7 Å². The molecule has 0 aromatic carbocycles. The van der Waals surface area contributed by atoms with E-state index >= 15 is 0 Å². The predicted molar refractivity (Wildman–Crippen MR) is 47.1 cm³/mol. The minimum Gasteiger partial charge on any atom is -0.299 e. The van der Waals surface area contributed by atoms with Crippen LogP contribution >= 0.6 is 0 Å². The van der Waals surface area contributed by atoms with Gasteiger partial charge < -0.3 is 0 Å². The molecule has 0 aromatic rings. The van der Waals surface area contributed by atoms with Crippen LogP contribution in [0.15, 0.2) is 0 Å². The maximum atomic E-state index is 11.6. The Labute approximate surface area is 77.7 Å². The lowest BCUT2D eigenvalue weighted by molar-refractivity contribution is -0.154. The molecule has 3 aliphatic rings. The Bertz CT molecular complexity index is 254. The fourth-order valence-corrected chi connectivity index (χ4v) is 3.75. The molecule has 70 valence electrons. The first-order valence-electron chi connectivity index (χ1n) is 5.34. The molecule has 0 N–H and O–H groups in total. The average Bonchev–Trinajstić information content (AvgIpc) is 2.45. The molecular weight excluding hydrogens is 164 g/mol. The molecule has 3 saturated carbocycles. The molecule has 0 saturated heterocycles. The molecule has 13 heavy (non-hydrogen) atoms. The molecule has 3 rings (SSSR count). The Morgan fingerprint density at radius 3 is 1.77 bits per heavy atom. The van der Waals surface area contributed by atoms with E-state index in [0.717, 1.165) is 0 Å². The third-order valence-electron chi connectivity index (χ3n) is 4.30. The number of fused-ring (bicyclic) bond motifs is 4. The molecule has 3 aliphatic carbocycles. The molecule has 2 unspecified atom stereocenters. The highest BCUT2D eigenvalue weighted by atomic mass is 16.1. The van der Waals surface area contributed by atoms with Gasteiger partial charge in [0.2, 0.25) is 0 Å². The van der Waals surface area contributed by atoms with Gasteiger partial charge in [0.15, 0.2) is 0 Å². The molecule has 2 nitrogen and oxygen atoms in total. The summed E-state index contributed by atoms with van der Waals surface area (Å²) in [5, 5.41) is 0. The number of carbonyl (C=O) groups is 2. The molecule has 4 atom stereocenters. The number of hydrogen-bond donors (Lipinski definition) is 0. The van der Waals surface area contributed by atoms with Crippen LogP contribution in [-0.2, 0) is 9.59 Å². The van der Waals surface area contributed by atoms with Crippen molar-refractivity contribution in [3.8, 4) is 0 Å². The Kier molecular flexibility index (Phi) is 1.44. The highest BCUT2D eigenvalue weighted by Crippen LogP contribution is 2.58. The summed E-state index contributed by atoms with van der Waals surface area (Å²) in [5.74, 6) is 2.28. The van der Waals surface area contributed by atoms with Crippen LogP contribution < -0.4 is 0 Å². The second-order valence-corrected chi connectivity index (χ2v) is 4.74. The molecule has 0 amide bonds. The van der Waals surface area contributed by atoms with Crippen molar-refractivity contribution in [3.63, 3.8) is 0 Å². The van der Waals surface area contributed by atoms with Crippen molar-refractivity contribution in [2.45, 2.75) is 32.1 Å². The number of ketones is 2. The summed E-state index contributed by atoms with van der Waals surface area (Å²) in [6, 6.07) is 0. The van der Waals surface area contributed by atoms with Crippen LogP contribution in [0, 0.1) is 23.7 Å². The summed E-state index contributed by atoms with van der Waals surface area (Å²) in [4.78, 5) is 23.2. The Balaban J connectivity index is 1.91. The summed E-state index contributed by atoms with van der Waals surface area (Å²) < 4.78 is 0. The van der Waals surface area contributed by atoms with Crippen molar-refractivity contribution in [2.75, 3.05) is 0 Å². The molecule has 0 heterocycles. The van der Waals surface area contributed by atoms with Crippen molar-refractivity contribution in [3.05, 3.63) is 0 Å². The Morgan fingerprint density at radius 1 is 0.846 bits per heavy atom. The highest BCUT2D eigenvalue weighted by Gasteiger charge is 2.59. The van der Waals surface area contributed by atoms with Crippen molar-refractivity contribution in [1.82, 2.24) is 0 Å². The molecule has 2 heteroatoms. The number of hydrogen-bond acceptors (Lipinski definition) is 2. The molecule has 0 spiro atoms. The van der Waals surface area contributed by atoms with Crippen LogP contribution in [0.5, 0.6) is 0 Å². The van der Waals surface area contributed by atoms with Crippen LogP contribution in [0.4, 0.5) is 0 Å². The average molecular weight is 178 g/mol. The molecule has 0 bridgehead atoms. The topological polar surface area (TPSA) is 34.1 Å². The van der Waals surface area contributed by atoms with E-state index in [-0.39, 0.29) is 11.8 Å². The van der Waals surface area contributed by atoms with Gasteiger partial charge in [-0.1, -0.05) is 6.42 Å². The van der Waals surface area contributed by atoms with Crippen LogP contribution in [0.25, 0.3) is 0 Å². The number of Topliss-reactive ketones (excluding diaryl/α,β-unsaturated/α-hetero) is 2. The third-order valence-corrected chi connectivity index (χ3v) is 4.30. The zero-order chi connectivity index (χ0) is 9.00. The lowest BCUT2D eigenvalue weighted by Crippen LogP contribution is -2.54. The van der Waals surface area contributed by atoms with Gasteiger partial charge in [0, 0.05) is 24.7 Å². The van der Waals surface area contributed by atoms with Gasteiger partial charge in [-0.15, -0.1) is 0 Å². The first-order chi connectivity index (χ1) is 6.29. The molecular formula is C11H14O2. The van der Waals surface area contributed by atoms with E-state index < -0.39 is 0 Å². The van der Waals surface area contributed by atoms with Crippen LogP contribution in [0.3, 0.4) is 0 Å². The van der Waals surface area contributed by atoms with Crippen molar-refractivity contribution < 1.29 is 9.59 Å². The van der Waals surface area contributed by atoms with E-state index in [0.29, 0.717) is 36.2 Å². The fraction of sp³-hybridized carbons (Fsp3) is 0.818. The van der Waals surface area contributed by atoms with Gasteiger partial charge >= 0.3 is 0 Å². The van der Waals surface area contributed by atoms with E-state index in [1.807, 2.05) is 0 Å². The first-order valence-corrected chi connectivity index (χ1v) is 5.34. The molecule has 0 aliphatic heterocycles. The van der Waals surface area contributed by atoms with E-state index in [1.54, 1.807) is 0 Å². The standard InChI is InChI=1S/C11H14O2/c12-8-4-5-9(13)11-7-3-1-2-6(7)10(8)11/h6-7,10-11H,1-5H2/t6?,7?,10-,11+. The summed E-state index contributed by atoms with van der Waals surface area (Å²) in [6.45, 7) is 0. The second-order valence-electron chi connectivity index (χ2n) is 4.74. The highest BCUT2D eigenvalue weighted by molar-refractivity contribution is 5.98. The molecule has 3 fully saturated rings. The zero-order valence-electron chi connectivity index (χ0n) is 7.66. The van der Waals surface area contributed by atoms with Gasteiger partial charge in [-0.2, -0.15) is 0 Å². The lowest BCUT2D eigenvalue weighted by atomic mass is 9.52. The lowest BCUT2D eigenvalue weighted by Gasteiger charge is -2.49. The predicted octanol–water partition coefficient (Wildman–Crippen LogP) is 1.58. The van der Waals surface area contributed by atoms with Gasteiger partial charge in [0.1, 0.15) is 11.6 Å². The minimum absolute atomic E-state index is 0.161. The van der Waals surface area contributed by atoms with Crippen LogP contribution in [0.2, 0.25) is 0 Å². The number of rotatable bonds is 0. The summed E-state index contributed by atoms with van der Waals surface area (Å²) in [7, 11) is 0. The Hall–Kier alpha value is -0.660.